The molecule has 5 heteroatoms. The van der Waals surface area contributed by atoms with Crippen molar-refractivity contribution in [2.75, 3.05) is 18.5 Å². The number of benzene rings is 2. The minimum absolute atomic E-state index is 0.139. The molecule has 2 unspecified atom stereocenters. The van der Waals surface area contributed by atoms with Gasteiger partial charge < -0.3 is 15.1 Å². The number of carbonyl (C=O) groups is 1. The Morgan fingerprint density at radius 1 is 1.17 bits per heavy atom. The molecule has 5 nitrogen and oxygen atoms in total. The van der Waals surface area contributed by atoms with E-state index in [1.807, 2.05) is 25.2 Å². The van der Waals surface area contributed by atoms with Crippen molar-refractivity contribution < 1.29 is 9.21 Å². The molecule has 0 radical (unpaired) electrons. The third-order valence-corrected chi connectivity index (χ3v) is 5.75. The van der Waals surface area contributed by atoms with E-state index in [9.17, 15) is 4.79 Å². The summed E-state index contributed by atoms with van der Waals surface area (Å²) in [5.74, 6) is -0.139. The van der Waals surface area contributed by atoms with E-state index in [0.29, 0.717) is 12.1 Å². The zero-order valence-corrected chi connectivity index (χ0v) is 16.9. The molecule has 2 aromatic carbocycles. The third kappa shape index (κ3) is 3.49. The Kier molecular flexibility index (Phi) is 5.07. The topological polar surface area (TPSA) is 71.8 Å². The predicted octanol–water partition coefficient (Wildman–Crippen LogP) is 3.76. The second-order valence-electron chi connectivity index (χ2n) is 7.59. The van der Waals surface area contributed by atoms with Crippen molar-refractivity contribution in [2.24, 2.45) is 10.7 Å². The van der Waals surface area contributed by atoms with E-state index in [0.717, 1.165) is 22.5 Å². The molecule has 148 valence electrons. The molecule has 0 amide bonds. The van der Waals surface area contributed by atoms with Gasteiger partial charge in [-0.3, -0.25) is 9.79 Å². The summed E-state index contributed by atoms with van der Waals surface area (Å²) in [7, 11) is 1.99. The number of likely N-dealkylation sites (N-methyl/N-ethyl adjacent to an activating group) is 1. The summed E-state index contributed by atoms with van der Waals surface area (Å²) in [5, 5.41) is 0. The van der Waals surface area contributed by atoms with Crippen LogP contribution in [0.15, 0.2) is 70.5 Å². The molecule has 3 aromatic rings. The highest BCUT2D eigenvalue weighted by Crippen LogP contribution is 2.31. The summed E-state index contributed by atoms with van der Waals surface area (Å²) in [4.78, 5) is 19.9. The first-order chi connectivity index (χ1) is 14.0. The van der Waals surface area contributed by atoms with E-state index in [4.69, 9.17) is 15.1 Å². The molecule has 0 bridgehead atoms. The van der Waals surface area contributed by atoms with Gasteiger partial charge in [0.25, 0.3) is 0 Å². The van der Waals surface area contributed by atoms with Crippen molar-refractivity contribution in [1.29, 1.82) is 0 Å². The van der Waals surface area contributed by atoms with Crippen LogP contribution in [-0.2, 0) is 0 Å². The van der Waals surface area contributed by atoms with E-state index in [2.05, 4.69) is 43.0 Å². The van der Waals surface area contributed by atoms with Crippen molar-refractivity contribution in [3.8, 4) is 0 Å². The molecule has 1 aliphatic rings. The fourth-order valence-corrected chi connectivity index (χ4v) is 3.82. The lowest BCUT2D eigenvalue weighted by molar-refractivity contribution is 0.0949. The maximum Gasteiger partial charge on any atom is 0.184 e. The number of Topliss-reactive ketones (excluding diaryl/α,β-unsaturated/α-hetero) is 1. The van der Waals surface area contributed by atoms with Crippen LogP contribution in [0.3, 0.4) is 0 Å². The van der Waals surface area contributed by atoms with Gasteiger partial charge in [-0.05, 0) is 43.2 Å². The summed E-state index contributed by atoms with van der Waals surface area (Å²) in [6.07, 6.45) is 2.93. The number of aryl methyl sites for hydroxylation is 2. The number of ketones is 1. The minimum atomic E-state index is -0.717. The lowest BCUT2D eigenvalue weighted by Crippen LogP contribution is -2.52. The second-order valence-corrected chi connectivity index (χ2v) is 7.59. The molecule has 0 saturated heterocycles. The third-order valence-electron chi connectivity index (χ3n) is 5.75. The molecule has 2 heterocycles. The molecule has 1 aromatic heterocycles. The van der Waals surface area contributed by atoms with Crippen LogP contribution in [-0.4, -0.2) is 37.2 Å². The number of benzodiazepines with no additional fused rings is 1. The minimum Gasteiger partial charge on any atom is -0.472 e. The van der Waals surface area contributed by atoms with Crippen LogP contribution in [0.2, 0.25) is 0 Å². The standard InChI is InChI=1S/C24H25N3O2/c1-15-11-19-20(12-16(15)2)27(3)21(22(25)24(28)18-9-10-29-14-18)13-26-23(19)17-7-5-4-6-8-17/h4-12,14,21-22H,13,25H2,1-3H3. The smallest absolute Gasteiger partial charge is 0.184 e. The maximum absolute atomic E-state index is 12.9. The SMILES string of the molecule is Cc1cc2c(cc1C)N(C)C(C(N)C(=O)c1ccoc1)CN=C2c1ccccc1. The summed E-state index contributed by atoms with van der Waals surface area (Å²) in [6.45, 7) is 4.63. The number of anilines is 1. The predicted molar refractivity (Wildman–Crippen MR) is 116 cm³/mol. The summed E-state index contributed by atoms with van der Waals surface area (Å²) in [5.41, 5.74) is 13.4. The van der Waals surface area contributed by atoms with Gasteiger partial charge in [0.05, 0.1) is 36.2 Å². The lowest BCUT2D eigenvalue weighted by Gasteiger charge is -2.32. The van der Waals surface area contributed by atoms with Crippen LogP contribution in [0.5, 0.6) is 0 Å². The number of aliphatic imine (C=N–C) groups is 1. The quantitative estimate of drug-likeness (QED) is 0.692. The first-order valence-electron chi connectivity index (χ1n) is 9.73. The summed E-state index contributed by atoms with van der Waals surface area (Å²) < 4.78 is 5.07. The van der Waals surface area contributed by atoms with E-state index in [1.54, 1.807) is 6.07 Å². The van der Waals surface area contributed by atoms with Crippen molar-refractivity contribution in [3.63, 3.8) is 0 Å². The van der Waals surface area contributed by atoms with Gasteiger partial charge >= 0.3 is 0 Å². The van der Waals surface area contributed by atoms with Gasteiger partial charge in [0.1, 0.15) is 6.26 Å². The van der Waals surface area contributed by atoms with Gasteiger partial charge in [0, 0.05) is 23.9 Å². The normalized spacial score (nSPS) is 17.3. The van der Waals surface area contributed by atoms with Crippen LogP contribution in [0.1, 0.15) is 32.6 Å². The van der Waals surface area contributed by atoms with Crippen LogP contribution in [0, 0.1) is 13.8 Å². The number of nitrogens with two attached hydrogens (primary N) is 1. The Labute approximate surface area is 170 Å². The highest BCUT2D eigenvalue weighted by molar-refractivity contribution is 6.16. The molecule has 4 rings (SSSR count). The van der Waals surface area contributed by atoms with Crippen LogP contribution in [0.4, 0.5) is 5.69 Å². The van der Waals surface area contributed by atoms with E-state index in [1.165, 1.54) is 23.7 Å². The van der Waals surface area contributed by atoms with Gasteiger partial charge in [-0.1, -0.05) is 30.3 Å². The van der Waals surface area contributed by atoms with Gasteiger partial charge in [-0.2, -0.15) is 0 Å². The average Bonchev–Trinajstić information content (AvgIpc) is 3.23. The molecular formula is C24H25N3O2. The number of carbonyl (C=O) groups excluding carboxylic acids is 1. The van der Waals surface area contributed by atoms with Gasteiger partial charge in [0.15, 0.2) is 5.78 Å². The average molecular weight is 387 g/mol. The Hall–Kier alpha value is -3.18. The number of fused-ring (bicyclic) bond motifs is 1. The van der Waals surface area contributed by atoms with E-state index >= 15 is 0 Å². The Balaban J connectivity index is 1.81. The second kappa shape index (κ2) is 7.68. The Morgan fingerprint density at radius 2 is 1.90 bits per heavy atom. The fourth-order valence-electron chi connectivity index (χ4n) is 3.82. The number of hydrogen-bond acceptors (Lipinski definition) is 5. The molecule has 0 aliphatic carbocycles. The van der Waals surface area contributed by atoms with Crippen LogP contribution >= 0.6 is 0 Å². The molecule has 0 fully saturated rings. The maximum atomic E-state index is 12.9. The highest BCUT2D eigenvalue weighted by Gasteiger charge is 2.33. The molecule has 29 heavy (non-hydrogen) atoms. The number of nitrogens with zero attached hydrogens (tertiary/aromatic N) is 2. The van der Waals surface area contributed by atoms with Gasteiger partial charge in [-0.15, -0.1) is 0 Å². The lowest BCUT2D eigenvalue weighted by atomic mass is 9.95. The van der Waals surface area contributed by atoms with Crippen molar-refractivity contribution >= 4 is 17.2 Å². The van der Waals surface area contributed by atoms with Crippen molar-refractivity contribution in [3.05, 3.63) is 88.9 Å². The highest BCUT2D eigenvalue weighted by atomic mass is 16.3. The molecule has 2 N–H and O–H groups in total. The van der Waals surface area contributed by atoms with Crippen LogP contribution in [0.25, 0.3) is 0 Å². The van der Waals surface area contributed by atoms with Crippen LogP contribution < -0.4 is 10.6 Å². The van der Waals surface area contributed by atoms with E-state index < -0.39 is 6.04 Å². The molecule has 1 aliphatic heterocycles. The van der Waals surface area contributed by atoms with Gasteiger partial charge in [-0.25, -0.2) is 0 Å². The van der Waals surface area contributed by atoms with E-state index in [-0.39, 0.29) is 11.8 Å². The monoisotopic (exact) mass is 387 g/mol. The first-order valence-corrected chi connectivity index (χ1v) is 9.73. The summed E-state index contributed by atoms with van der Waals surface area (Å²) >= 11 is 0. The largest absolute Gasteiger partial charge is 0.472 e. The summed E-state index contributed by atoms with van der Waals surface area (Å²) in [6, 6.07) is 15.2. The van der Waals surface area contributed by atoms with Gasteiger partial charge in [0.2, 0.25) is 0 Å². The first kappa shape index (κ1) is 19.2. The Morgan fingerprint density at radius 3 is 2.59 bits per heavy atom. The number of furan rings is 1. The molecule has 2 atom stereocenters. The van der Waals surface area contributed by atoms with Crippen molar-refractivity contribution in [1.82, 2.24) is 0 Å². The zero-order chi connectivity index (χ0) is 20.5. The number of hydrogen-bond donors (Lipinski definition) is 1. The molecule has 0 saturated carbocycles. The molecular weight excluding hydrogens is 362 g/mol. The number of rotatable bonds is 4. The fraction of sp³-hybridized carbons (Fsp3) is 0.250. The molecule has 0 spiro atoms. The zero-order valence-electron chi connectivity index (χ0n) is 16.9. The Bertz CT molecular complexity index is 1060. The van der Waals surface area contributed by atoms with Crippen molar-refractivity contribution in [2.45, 2.75) is 25.9 Å².